The average Bonchev–Trinajstić information content (AvgIpc) is 2.32. The normalized spacial score (nSPS) is 10.4. The summed E-state index contributed by atoms with van der Waals surface area (Å²) in [5.74, 6) is -0.423. The maximum absolute atomic E-state index is 13.4. The zero-order valence-corrected chi connectivity index (χ0v) is 11.4. The molecule has 2 rings (SSSR count). The third-order valence-electron chi connectivity index (χ3n) is 2.26. The Morgan fingerprint density at radius 1 is 1.28 bits per heavy atom. The van der Waals surface area contributed by atoms with Crippen molar-refractivity contribution in [1.29, 1.82) is 0 Å². The third-order valence-corrected chi connectivity index (χ3v) is 3.07. The molecule has 0 bridgehead atoms. The van der Waals surface area contributed by atoms with Crippen LogP contribution in [-0.2, 0) is 6.54 Å². The van der Waals surface area contributed by atoms with Gasteiger partial charge in [-0.25, -0.2) is 13.8 Å². The highest BCUT2D eigenvalue weighted by Crippen LogP contribution is 2.23. The standard InChI is InChI=1S/C12H8BrClF2N2/c13-10-4-8(14)6-18-12(10)17-5-7-3-9(15)1-2-11(7)16/h1-4,6H,5H2,(H,17,18). The van der Waals surface area contributed by atoms with Gasteiger partial charge in [0.25, 0.3) is 0 Å². The van der Waals surface area contributed by atoms with E-state index in [4.69, 9.17) is 11.6 Å². The number of anilines is 1. The SMILES string of the molecule is Fc1ccc(F)c(CNc2ncc(Cl)cc2Br)c1. The first-order chi connectivity index (χ1) is 8.56. The Balaban J connectivity index is 2.13. The van der Waals surface area contributed by atoms with Crippen LogP contribution in [0, 0.1) is 11.6 Å². The van der Waals surface area contributed by atoms with E-state index >= 15 is 0 Å². The van der Waals surface area contributed by atoms with Gasteiger partial charge in [-0.15, -0.1) is 0 Å². The number of nitrogens with zero attached hydrogens (tertiary/aromatic N) is 1. The van der Waals surface area contributed by atoms with E-state index in [0.717, 1.165) is 18.2 Å². The summed E-state index contributed by atoms with van der Waals surface area (Å²) in [5.41, 5.74) is 0.235. The molecular weight excluding hydrogens is 325 g/mol. The molecule has 18 heavy (non-hydrogen) atoms. The van der Waals surface area contributed by atoms with Crippen LogP contribution in [0.4, 0.5) is 14.6 Å². The van der Waals surface area contributed by atoms with E-state index in [1.54, 1.807) is 6.07 Å². The molecule has 0 aliphatic rings. The van der Waals surface area contributed by atoms with E-state index in [9.17, 15) is 8.78 Å². The zero-order valence-electron chi connectivity index (χ0n) is 9.05. The molecule has 2 aromatic rings. The van der Waals surface area contributed by atoms with Crippen molar-refractivity contribution in [2.45, 2.75) is 6.54 Å². The van der Waals surface area contributed by atoms with E-state index in [-0.39, 0.29) is 12.1 Å². The average molecular weight is 334 g/mol. The fraction of sp³-hybridized carbons (Fsp3) is 0.0833. The number of aromatic nitrogens is 1. The summed E-state index contributed by atoms with van der Waals surface area (Å²) in [6, 6.07) is 4.98. The van der Waals surface area contributed by atoms with E-state index in [0.29, 0.717) is 15.3 Å². The zero-order chi connectivity index (χ0) is 13.1. The lowest BCUT2D eigenvalue weighted by Crippen LogP contribution is -2.04. The van der Waals surface area contributed by atoms with Crippen molar-refractivity contribution in [2.75, 3.05) is 5.32 Å². The number of hydrogen-bond donors (Lipinski definition) is 1. The molecule has 1 N–H and O–H groups in total. The van der Waals surface area contributed by atoms with Gasteiger partial charge >= 0.3 is 0 Å². The molecule has 0 saturated carbocycles. The number of hydrogen-bond acceptors (Lipinski definition) is 2. The summed E-state index contributed by atoms with van der Waals surface area (Å²) >= 11 is 9.03. The van der Waals surface area contributed by atoms with Crippen molar-refractivity contribution in [1.82, 2.24) is 4.98 Å². The molecule has 2 nitrogen and oxygen atoms in total. The molecule has 0 saturated heterocycles. The van der Waals surface area contributed by atoms with Crippen LogP contribution in [0.15, 0.2) is 34.9 Å². The first-order valence-electron chi connectivity index (χ1n) is 5.05. The van der Waals surface area contributed by atoms with Gasteiger partial charge in [-0.3, -0.25) is 0 Å². The van der Waals surface area contributed by atoms with Gasteiger partial charge in [0.15, 0.2) is 0 Å². The molecular formula is C12H8BrClF2N2. The van der Waals surface area contributed by atoms with Crippen LogP contribution in [0.2, 0.25) is 5.02 Å². The van der Waals surface area contributed by atoms with Gasteiger partial charge in [-0.05, 0) is 40.2 Å². The Bertz CT molecular complexity index is 578. The maximum Gasteiger partial charge on any atom is 0.140 e. The van der Waals surface area contributed by atoms with Crippen molar-refractivity contribution in [3.63, 3.8) is 0 Å². The summed E-state index contributed by atoms with van der Waals surface area (Å²) in [5, 5.41) is 3.39. The predicted octanol–water partition coefficient (Wildman–Crippen LogP) is 4.39. The maximum atomic E-state index is 13.4. The quantitative estimate of drug-likeness (QED) is 0.901. The van der Waals surface area contributed by atoms with Gasteiger partial charge in [0.2, 0.25) is 0 Å². The predicted molar refractivity (Wildman–Crippen MR) is 70.6 cm³/mol. The largest absolute Gasteiger partial charge is 0.365 e. The minimum Gasteiger partial charge on any atom is -0.365 e. The number of pyridine rings is 1. The van der Waals surface area contributed by atoms with Gasteiger partial charge in [-0.1, -0.05) is 11.6 Å². The molecule has 0 atom stereocenters. The minimum atomic E-state index is -0.476. The summed E-state index contributed by atoms with van der Waals surface area (Å²) in [6.45, 7) is 0.136. The molecule has 0 fully saturated rings. The van der Waals surface area contributed by atoms with Gasteiger partial charge in [0, 0.05) is 18.3 Å². The highest BCUT2D eigenvalue weighted by Gasteiger charge is 2.06. The third kappa shape index (κ3) is 3.17. The summed E-state index contributed by atoms with van der Waals surface area (Å²) in [7, 11) is 0. The van der Waals surface area contributed by atoms with Gasteiger partial charge in [0.1, 0.15) is 17.5 Å². The van der Waals surface area contributed by atoms with Crippen LogP contribution < -0.4 is 5.32 Å². The molecule has 1 aromatic heterocycles. The molecule has 0 unspecified atom stereocenters. The van der Waals surface area contributed by atoms with E-state index in [2.05, 4.69) is 26.2 Å². The van der Waals surface area contributed by atoms with Crippen LogP contribution in [0.5, 0.6) is 0 Å². The second kappa shape index (κ2) is 5.63. The summed E-state index contributed by atoms with van der Waals surface area (Å²) < 4.78 is 27.0. The van der Waals surface area contributed by atoms with Crippen molar-refractivity contribution in [3.8, 4) is 0 Å². The Kier molecular flexibility index (Phi) is 4.14. The smallest absolute Gasteiger partial charge is 0.140 e. The molecule has 0 aliphatic heterocycles. The summed E-state index contributed by atoms with van der Waals surface area (Å²) in [6.07, 6.45) is 1.47. The second-order valence-corrected chi connectivity index (χ2v) is 4.86. The Morgan fingerprint density at radius 3 is 2.78 bits per heavy atom. The van der Waals surface area contributed by atoms with Gasteiger partial charge < -0.3 is 5.32 Å². The second-order valence-electron chi connectivity index (χ2n) is 3.57. The van der Waals surface area contributed by atoms with Crippen molar-refractivity contribution in [3.05, 3.63) is 57.2 Å². The van der Waals surface area contributed by atoms with Crippen LogP contribution in [0.25, 0.3) is 0 Å². The van der Waals surface area contributed by atoms with E-state index < -0.39 is 11.6 Å². The molecule has 0 amide bonds. The first kappa shape index (κ1) is 13.2. The Morgan fingerprint density at radius 2 is 2.06 bits per heavy atom. The first-order valence-corrected chi connectivity index (χ1v) is 6.22. The van der Waals surface area contributed by atoms with E-state index in [1.165, 1.54) is 6.20 Å². The minimum absolute atomic E-state index is 0.136. The van der Waals surface area contributed by atoms with Crippen LogP contribution in [-0.4, -0.2) is 4.98 Å². The van der Waals surface area contributed by atoms with Gasteiger partial charge in [0.05, 0.1) is 9.50 Å². The van der Waals surface area contributed by atoms with Crippen molar-refractivity contribution >= 4 is 33.3 Å². The van der Waals surface area contributed by atoms with Gasteiger partial charge in [-0.2, -0.15) is 0 Å². The van der Waals surface area contributed by atoms with Crippen molar-refractivity contribution < 1.29 is 8.78 Å². The molecule has 1 heterocycles. The molecule has 0 radical (unpaired) electrons. The van der Waals surface area contributed by atoms with Crippen LogP contribution in [0.1, 0.15) is 5.56 Å². The number of benzene rings is 1. The molecule has 0 spiro atoms. The van der Waals surface area contributed by atoms with Crippen molar-refractivity contribution in [2.24, 2.45) is 0 Å². The van der Waals surface area contributed by atoms with Crippen LogP contribution >= 0.6 is 27.5 Å². The highest BCUT2D eigenvalue weighted by atomic mass is 79.9. The molecule has 6 heteroatoms. The molecule has 0 aliphatic carbocycles. The lowest BCUT2D eigenvalue weighted by molar-refractivity contribution is 0.587. The fourth-order valence-electron chi connectivity index (χ4n) is 1.40. The molecule has 1 aromatic carbocycles. The topological polar surface area (TPSA) is 24.9 Å². The number of rotatable bonds is 3. The fourth-order valence-corrected chi connectivity index (χ4v) is 2.18. The van der Waals surface area contributed by atoms with Crippen LogP contribution in [0.3, 0.4) is 0 Å². The number of halogens is 4. The Labute approximate surface area is 116 Å². The highest BCUT2D eigenvalue weighted by molar-refractivity contribution is 9.10. The van der Waals surface area contributed by atoms with E-state index in [1.807, 2.05) is 0 Å². The molecule has 94 valence electrons. The lowest BCUT2D eigenvalue weighted by atomic mass is 10.2. The summed E-state index contributed by atoms with van der Waals surface area (Å²) in [4.78, 5) is 4.04. The Hall–Kier alpha value is -1.20. The lowest BCUT2D eigenvalue weighted by Gasteiger charge is -2.08. The number of nitrogens with one attached hydrogen (secondary N) is 1. The monoisotopic (exact) mass is 332 g/mol.